The first-order chi connectivity index (χ1) is 8.14. The summed E-state index contributed by atoms with van der Waals surface area (Å²) in [5.74, 6) is -1.21. The van der Waals surface area contributed by atoms with Gasteiger partial charge in [0.25, 0.3) is 0 Å². The van der Waals surface area contributed by atoms with Crippen LogP contribution < -0.4 is 10.6 Å². The van der Waals surface area contributed by atoms with Gasteiger partial charge < -0.3 is 20.5 Å². The molecule has 0 bridgehead atoms. The maximum atomic E-state index is 12.0. The van der Waals surface area contributed by atoms with Crippen molar-refractivity contribution in [2.45, 2.75) is 24.8 Å². The molecule has 1 amide bonds. The number of carbonyl (C=O) groups is 2. The first kappa shape index (κ1) is 12.3. The molecule has 0 aromatic carbocycles. The molecule has 2 saturated heterocycles. The van der Waals surface area contributed by atoms with Gasteiger partial charge in [0.2, 0.25) is 5.91 Å². The molecular weight excluding hydrogens is 224 g/mol. The fourth-order valence-corrected chi connectivity index (χ4v) is 2.33. The van der Waals surface area contributed by atoms with Crippen LogP contribution in [-0.4, -0.2) is 48.8 Å². The highest BCUT2D eigenvalue weighted by Crippen LogP contribution is 2.22. The van der Waals surface area contributed by atoms with Crippen LogP contribution in [-0.2, 0) is 14.3 Å². The zero-order chi connectivity index (χ0) is 12.3. The molecule has 2 aliphatic rings. The van der Waals surface area contributed by atoms with E-state index >= 15 is 0 Å². The maximum absolute atomic E-state index is 12.0. The lowest BCUT2D eigenvalue weighted by molar-refractivity contribution is -0.152. The van der Waals surface area contributed by atoms with Crippen molar-refractivity contribution in [1.29, 1.82) is 0 Å². The molecule has 0 saturated carbocycles. The molecule has 2 heterocycles. The zero-order valence-corrected chi connectivity index (χ0v) is 9.70. The molecule has 2 aliphatic heterocycles. The average Bonchev–Trinajstić information content (AvgIpc) is 2.83. The summed E-state index contributed by atoms with van der Waals surface area (Å²) in [5.41, 5.74) is -1.13. The number of carboxylic acids is 1. The van der Waals surface area contributed by atoms with Crippen LogP contribution in [0.3, 0.4) is 0 Å². The smallest absolute Gasteiger partial charge is 0.329 e. The molecule has 1 atom stereocenters. The number of carboxylic acid groups (broad SMARTS) is 1. The standard InChI is InChI=1S/C11H18N2O4/c14-9(8-1-4-12-7-8)13-11(10(15)16)2-5-17-6-3-11/h8,12H,1-7H2,(H,13,14)(H,15,16). The summed E-state index contributed by atoms with van der Waals surface area (Å²) in [6.45, 7) is 2.23. The van der Waals surface area contributed by atoms with E-state index in [0.717, 1.165) is 13.0 Å². The Hall–Kier alpha value is -1.14. The topological polar surface area (TPSA) is 87.7 Å². The second-order valence-corrected chi connectivity index (χ2v) is 4.68. The van der Waals surface area contributed by atoms with Crippen LogP contribution in [0.5, 0.6) is 0 Å². The number of amides is 1. The summed E-state index contributed by atoms with van der Waals surface area (Å²) in [7, 11) is 0. The van der Waals surface area contributed by atoms with E-state index in [1.807, 2.05) is 0 Å². The Bertz CT molecular complexity index is 307. The number of hydrogen-bond donors (Lipinski definition) is 3. The zero-order valence-electron chi connectivity index (χ0n) is 9.70. The van der Waals surface area contributed by atoms with E-state index in [0.29, 0.717) is 32.6 Å². The van der Waals surface area contributed by atoms with Gasteiger partial charge in [-0.2, -0.15) is 0 Å². The molecule has 2 fully saturated rings. The third-order valence-corrected chi connectivity index (χ3v) is 3.55. The molecule has 0 spiro atoms. The fourth-order valence-electron chi connectivity index (χ4n) is 2.33. The lowest BCUT2D eigenvalue weighted by Crippen LogP contribution is -2.58. The molecule has 0 aliphatic carbocycles. The molecule has 0 aromatic heterocycles. The SMILES string of the molecule is O=C(NC1(C(=O)O)CCOCC1)C1CCNC1. The van der Waals surface area contributed by atoms with E-state index in [-0.39, 0.29) is 11.8 Å². The van der Waals surface area contributed by atoms with Gasteiger partial charge in [-0.05, 0) is 13.0 Å². The highest BCUT2D eigenvalue weighted by Gasteiger charge is 2.42. The van der Waals surface area contributed by atoms with Crippen LogP contribution in [0.25, 0.3) is 0 Å². The number of aliphatic carboxylic acids is 1. The number of carbonyl (C=O) groups excluding carboxylic acids is 1. The van der Waals surface area contributed by atoms with Gasteiger partial charge in [0.05, 0.1) is 5.92 Å². The Kier molecular flexibility index (Phi) is 3.63. The molecule has 17 heavy (non-hydrogen) atoms. The van der Waals surface area contributed by atoms with Crippen LogP contribution >= 0.6 is 0 Å². The van der Waals surface area contributed by atoms with Crippen LogP contribution in [0.4, 0.5) is 0 Å². The van der Waals surface area contributed by atoms with E-state index < -0.39 is 11.5 Å². The molecule has 1 unspecified atom stereocenters. The Morgan fingerprint density at radius 1 is 1.35 bits per heavy atom. The summed E-state index contributed by atoms with van der Waals surface area (Å²) in [5, 5.41) is 15.1. The normalized spacial score (nSPS) is 27.6. The van der Waals surface area contributed by atoms with Crippen LogP contribution in [0, 0.1) is 5.92 Å². The van der Waals surface area contributed by atoms with Crippen molar-refractivity contribution in [3.05, 3.63) is 0 Å². The van der Waals surface area contributed by atoms with Gasteiger partial charge >= 0.3 is 5.97 Å². The molecule has 2 rings (SSSR count). The molecule has 6 heteroatoms. The highest BCUT2D eigenvalue weighted by molar-refractivity contribution is 5.88. The predicted molar refractivity (Wildman–Crippen MR) is 59.5 cm³/mol. The molecule has 6 nitrogen and oxygen atoms in total. The van der Waals surface area contributed by atoms with E-state index in [1.165, 1.54) is 0 Å². The lowest BCUT2D eigenvalue weighted by atomic mass is 9.89. The minimum absolute atomic E-state index is 0.103. The largest absolute Gasteiger partial charge is 0.480 e. The van der Waals surface area contributed by atoms with Gasteiger partial charge in [0.1, 0.15) is 5.54 Å². The number of rotatable bonds is 3. The van der Waals surface area contributed by atoms with E-state index in [9.17, 15) is 14.7 Å². The maximum Gasteiger partial charge on any atom is 0.329 e. The Morgan fingerprint density at radius 2 is 2.06 bits per heavy atom. The summed E-state index contributed by atoms with van der Waals surface area (Å²) >= 11 is 0. The fraction of sp³-hybridized carbons (Fsp3) is 0.818. The van der Waals surface area contributed by atoms with Crippen LogP contribution in [0.2, 0.25) is 0 Å². The first-order valence-corrected chi connectivity index (χ1v) is 5.98. The predicted octanol–water partition coefficient (Wildman–Crippen LogP) is -0.654. The van der Waals surface area contributed by atoms with Crippen molar-refractivity contribution < 1.29 is 19.4 Å². The minimum Gasteiger partial charge on any atom is -0.480 e. The van der Waals surface area contributed by atoms with Gasteiger partial charge in [-0.25, -0.2) is 4.79 Å². The van der Waals surface area contributed by atoms with Gasteiger partial charge in [0.15, 0.2) is 0 Å². The Morgan fingerprint density at radius 3 is 2.59 bits per heavy atom. The number of ether oxygens (including phenoxy) is 1. The molecule has 0 radical (unpaired) electrons. The minimum atomic E-state index is -1.13. The lowest BCUT2D eigenvalue weighted by Gasteiger charge is -2.34. The van der Waals surface area contributed by atoms with Crippen molar-refractivity contribution in [1.82, 2.24) is 10.6 Å². The van der Waals surface area contributed by atoms with E-state index in [2.05, 4.69) is 10.6 Å². The monoisotopic (exact) mass is 242 g/mol. The van der Waals surface area contributed by atoms with Gasteiger partial charge in [-0.1, -0.05) is 0 Å². The third-order valence-electron chi connectivity index (χ3n) is 3.55. The van der Waals surface area contributed by atoms with E-state index in [1.54, 1.807) is 0 Å². The highest BCUT2D eigenvalue weighted by atomic mass is 16.5. The quantitative estimate of drug-likeness (QED) is 0.612. The molecule has 3 N–H and O–H groups in total. The third kappa shape index (κ3) is 2.58. The van der Waals surface area contributed by atoms with Crippen molar-refractivity contribution in [2.24, 2.45) is 5.92 Å². The summed E-state index contributed by atoms with van der Waals surface area (Å²) in [4.78, 5) is 23.3. The Balaban J connectivity index is 2.01. The summed E-state index contributed by atoms with van der Waals surface area (Å²) in [6, 6.07) is 0. The van der Waals surface area contributed by atoms with E-state index in [4.69, 9.17) is 4.74 Å². The van der Waals surface area contributed by atoms with Crippen molar-refractivity contribution in [2.75, 3.05) is 26.3 Å². The van der Waals surface area contributed by atoms with Gasteiger partial charge in [-0.15, -0.1) is 0 Å². The average molecular weight is 242 g/mol. The van der Waals surface area contributed by atoms with Crippen molar-refractivity contribution >= 4 is 11.9 Å². The molecule has 0 aromatic rings. The summed E-state index contributed by atoms with van der Waals surface area (Å²) < 4.78 is 5.15. The Labute approximate surface area is 99.7 Å². The van der Waals surface area contributed by atoms with Crippen LogP contribution in [0.1, 0.15) is 19.3 Å². The molecule has 96 valence electrons. The second kappa shape index (κ2) is 5.01. The van der Waals surface area contributed by atoms with Crippen molar-refractivity contribution in [3.63, 3.8) is 0 Å². The number of hydrogen-bond acceptors (Lipinski definition) is 4. The summed E-state index contributed by atoms with van der Waals surface area (Å²) in [6.07, 6.45) is 1.46. The van der Waals surface area contributed by atoms with Crippen LogP contribution in [0.15, 0.2) is 0 Å². The van der Waals surface area contributed by atoms with Crippen molar-refractivity contribution in [3.8, 4) is 0 Å². The van der Waals surface area contributed by atoms with Gasteiger partial charge in [-0.3, -0.25) is 4.79 Å². The van der Waals surface area contributed by atoms with Gasteiger partial charge in [0, 0.05) is 32.6 Å². The first-order valence-electron chi connectivity index (χ1n) is 5.98. The molecular formula is C11H18N2O4. The number of nitrogens with one attached hydrogen (secondary N) is 2. The second-order valence-electron chi connectivity index (χ2n) is 4.68.